The zero-order chi connectivity index (χ0) is 13.3. The van der Waals surface area contributed by atoms with E-state index in [1.807, 2.05) is 11.8 Å². The van der Waals surface area contributed by atoms with Gasteiger partial charge in [-0.1, -0.05) is 6.92 Å². The van der Waals surface area contributed by atoms with Crippen molar-refractivity contribution >= 4 is 11.9 Å². The normalized spacial score (nSPS) is 32.3. The second-order valence-corrected chi connectivity index (χ2v) is 5.70. The third-order valence-corrected chi connectivity index (χ3v) is 4.32. The molecule has 0 spiro atoms. The Labute approximate surface area is 107 Å². The average molecular weight is 254 g/mol. The second kappa shape index (κ2) is 5.26. The molecule has 2 rings (SSSR count). The maximum absolute atomic E-state index is 12.2. The summed E-state index contributed by atoms with van der Waals surface area (Å²) < 4.78 is 0. The Balaban J connectivity index is 2.02. The first kappa shape index (κ1) is 13.3. The van der Waals surface area contributed by atoms with Crippen molar-refractivity contribution < 1.29 is 14.7 Å². The maximum Gasteiger partial charge on any atom is 0.303 e. The van der Waals surface area contributed by atoms with E-state index in [0.717, 1.165) is 25.7 Å². The molecule has 0 aliphatic carbocycles. The minimum absolute atomic E-state index is 0.121. The van der Waals surface area contributed by atoms with E-state index >= 15 is 0 Å². The van der Waals surface area contributed by atoms with Crippen LogP contribution in [0.25, 0.3) is 0 Å². The van der Waals surface area contributed by atoms with Crippen LogP contribution in [-0.2, 0) is 9.59 Å². The van der Waals surface area contributed by atoms with Crippen molar-refractivity contribution in [3.05, 3.63) is 0 Å². The molecule has 2 heterocycles. The third-order valence-electron chi connectivity index (χ3n) is 4.32. The van der Waals surface area contributed by atoms with E-state index in [1.54, 1.807) is 0 Å². The predicted molar refractivity (Wildman–Crippen MR) is 66.9 cm³/mol. The summed E-state index contributed by atoms with van der Waals surface area (Å²) in [5.74, 6) is -0.463. The van der Waals surface area contributed by atoms with E-state index in [0.29, 0.717) is 6.54 Å². The van der Waals surface area contributed by atoms with Crippen molar-refractivity contribution in [3.8, 4) is 0 Å². The molecule has 0 radical (unpaired) electrons. The predicted octanol–water partition coefficient (Wildman–Crippen LogP) is 0.826. The number of aliphatic carboxylic acids is 1. The van der Waals surface area contributed by atoms with Crippen LogP contribution in [0.5, 0.6) is 0 Å². The first-order valence-electron chi connectivity index (χ1n) is 6.77. The van der Waals surface area contributed by atoms with Gasteiger partial charge in [0.1, 0.15) is 0 Å². The van der Waals surface area contributed by atoms with Crippen LogP contribution in [0.1, 0.15) is 39.0 Å². The maximum atomic E-state index is 12.2. The zero-order valence-corrected chi connectivity index (χ0v) is 10.8. The molecule has 0 aromatic heterocycles. The Bertz CT molecular complexity index is 331. The Morgan fingerprint density at radius 3 is 2.33 bits per heavy atom. The van der Waals surface area contributed by atoms with Gasteiger partial charge in [-0.05, 0) is 31.6 Å². The van der Waals surface area contributed by atoms with Gasteiger partial charge < -0.3 is 15.7 Å². The molecule has 0 aromatic carbocycles. The largest absolute Gasteiger partial charge is 0.481 e. The number of piperidine rings is 1. The van der Waals surface area contributed by atoms with Crippen molar-refractivity contribution in [1.29, 1.82) is 0 Å². The molecule has 0 aromatic rings. The van der Waals surface area contributed by atoms with Gasteiger partial charge >= 0.3 is 5.97 Å². The van der Waals surface area contributed by atoms with E-state index in [-0.39, 0.29) is 36.2 Å². The summed E-state index contributed by atoms with van der Waals surface area (Å²) in [5.41, 5.74) is 5.56. The number of amides is 1. The standard InChI is InChI=1S/C13H22N2O3/c1-8(7-14)13(18)15-10-2-3-11(15)5-9(4-10)6-12(16)17/h8-11H,2-7,14H2,1H3,(H,16,17). The molecule has 2 fully saturated rings. The van der Waals surface area contributed by atoms with E-state index < -0.39 is 5.97 Å². The number of hydrogen-bond donors (Lipinski definition) is 2. The molecular formula is C13H22N2O3. The number of carbonyl (C=O) groups is 2. The molecule has 102 valence electrons. The first-order chi connectivity index (χ1) is 8.52. The topological polar surface area (TPSA) is 83.6 Å². The summed E-state index contributed by atoms with van der Waals surface area (Å²) >= 11 is 0. The molecule has 18 heavy (non-hydrogen) atoms. The molecule has 3 N–H and O–H groups in total. The molecule has 2 bridgehead atoms. The fourth-order valence-corrected chi connectivity index (χ4v) is 3.42. The van der Waals surface area contributed by atoms with Crippen LogP contribution >= 0.6 is 0 Å². The summed E-state index contributed by atoms with van der Waals surface area (Å²) in [5, 5.41) is 8.86. The SMILES string of the molecule is CC(CN)C(=O)N1C2CCC1CC(CC(=O)O)C2. The van der Waals surface area contributed by atoms with Crippen molar-refractivity contribution in [3.63, 3.8) is 0 Å². The number of nitrogens with two attached hydrogens (primary N) is 1. The van der Waals surface area contributed by atoms with Gasteiger partial charge in [-0.2, -0.15) is 0 Å². The molecule has 5 heteroatoms. The summed E-state index contributed by atoms with van der Waals surface area (Å²) in [6, 6.07) is 0.490. The van der Waals surface area contributed by atoms with Gasteiger partial charge in [-0.15, -0.1) is 0 Å². The van der Waals surface area contributed by atoms with Crippen LogP contribution in [0.15, 0.2) is 0 Å². The number of carboxylic acid groups (broad SMARTS) is 1. The molecule has 2 aliphatic heterocycles. The van der Waals surface area contributed by atoms with Gasteiger partial charge in [0.05, 0.1) is 0 Å². The fourth-order valence-electron chi connectivity index (χ4n) is 3.42. The fraction of sp³-hybridized carbons (Fsp3) is 0.846. The number of carbonyl (C=O) groups excluding carboxylic acids is 1. The van der Waals surface area contributed by atoms with E-state index in [9.17, 15) is 9.59 Å². The zero-order valence-electron chi connectivity index (χ0n) is 10.8. The highest BCUT2D eigenvalue weighted by Gasteiger charge is 2.44. The van der Waals surface area contributed by atoms with Crippen LogP contribution in [0, 0.1) is 11.8 Å². The number of rotatable bonds is 4. The number of fused-ring (bicyclic) bond motifs is 2. The van der Waals surface area contributed by atoms with Crippen molar-refractivity contribution in [2.24, 2.45) is 17.6 Å². The molecule has 1 amide bonds. The first-order valence-corrected chi connectivity index (χ1v) is 6.77. The highest BCUT2D eigenvalue weighted by molar-refractivity contribution is 5.80. The minimum Gasteiger partial charge on any atom is -0.481 e. The highest BCUT2D eigenvalue weighted by Crippen LogP contribution is 2.40. The van der Waals surface area contributed by atoms with Crippen molar-refractivity contribution in [2.75, 3.05) is 6.54 Å². The monoisotopic (exact) mass is 254 g/mol. The molecule has 3 atom stereocenters. The van der Waals surface area contributed by atoms with Gasteiger partial charge in [-0.25, -0.2) is 0 Å². The van der Waals surface area contributed by atoms with Crippen LogP contribution in [0.3, 0.4) is 0 Å². The summed E-state index contributed by atoms with van der Waals surface area (Å²) in [4.78, 5) is 25.0. The Morgan fingerprint density at radius 1 is 1.33 bits per heavy atom. The Kier molecular flexibility index (Phi) is 3.90. The van der Waals surface area contributed by atoms with E-state index in [1.165, 1.54) is 0 Å². The van der Waals surface area contributed by atoms with E-state index in [4.69, 9.17) is 10.8 Å². The molecule has 2 saturated heterocycles. The lowest BCUT2D eigenvalue weighted by atomic mass is 9.87. The van der Waals surface area contributed by atoms with Gasteiger partial charge in [0, 0.05) is 31.0 Å². The average Bonchev–Trinajstić information content (AvgIpc) is 2.58. The second-order valence-electron chi connectivity index (χ2n) is 5.70. The van der Waals surface area contributed by atoms with Crippen LogP contribution in [0.4, 0.5) is 0 Å². The quantitative estimate of drug-likeness (QED) is 0.778. The lowest BCUT2D eigenvalue weighted by Crippen LogP contribution is -2.49. The van der Waals surface area contributed by atoms with Crippen LogP contribution in [0.2, 0.25) is 0 Å². The van der Waals surface area contributed by atoms with Crippen molar-refractivity contribution in [2.45, 2.75) is 51.1 Å². The smallest absolute Gasteiger partial charge is 0.303 e. The van der Waals surface area contributed by atoms with Crippen LogP contribution in [-0.4, -0.2) is 40.5 Å². The molecule has 2 aliphatic rings. The lowest BCUT2D eigenvalue weighted by Gasteiger charge is -2.39. The van der Waals surface area contributed by atoms with Gasteiger partial charge in [0.2, 0.25) is 5.91 Å². The summed E-state index contributed by atoms with van der Waals surface area (Å²) in [6.45, 7) is 2.25. The molecule has 5 nitrogen and oxygen atoms in total. The third kappa shape index (κ3) is 2.51. The highest BCUT2D eigenvalue weighted by atomic mass is 16.4. The molecular weight excluding hydrogens is 232 g/mol. The van der Waals surface area contributed by atoms with Gasteiger partial charge in [-0.3, -0.25) is 9.59 Å². The van der Waals surface area contributed by atoms with Gasteiger partial charge in [0.15, 0.2) is 0 Å². The minimum atomic E-state index is -0.727. The van der Waals surface area contributed by atoms with E-state index in [2.05, 4.69) is 0 Å². The summed E-state index contributed by atoms with van der Waals surface area (Å²) in [7, 11) is 0. The lowest BCUT2D eigenvalue weighted by molar-refractivity contribution is -0.141. The van der Waals surface area contributed by atoms with Gasteiger partial charge in [0.25, 0.3) is 0 Å². The number of hydrogen-bond acceptors (Lipinski definition) is 3. The number of carboxylic acids is 1. The number of nitrogens with zero attached hydrogens (tertiary/aromatic N) is 1. The van der Waals surface area contributed by atoms with Crippen LogP contribution < -0.4 is 5.73 Å². The van der Waals surface area contributed by atoms with Crippen molar-refractivity contribution in [1.82, 2.24) is 4.90 Å². The molecule has 3 unspecified atom stereocenters. The Morgan fingerprint density at radius 2 is 1.89 bits per heavy atom. The Hall–Kier alpha value is -1.10. The summed E-state index contributed by atoms with van der Waals surface area (Å²) in [6.07, 6.45) is 3.95. The molecule has 0 saturated carbocycles.